The molecule has 2 rings (SSSR count). The first-order valence-corrected chi connectivity index (χ1v) is 6.28. The van der Waals surface area contributed by atoms with Gasteiger partial charge in [-0.25, -0.2) is 4.39 Å². The molecule has 1 aromatic rings. The fraction of sp³-hybridized carbons (Fsp3) is 0.429. The van der Waals surface area contributed by atoms with Gasteiger partial charge in [0.15, 0.2) is 0 Å². The Morgan fingerprint density at radius 1 is 1.63 bits per heavy atom. The number of hydrogen-bond acceptors (Lipinski definition) is 3. The van der Waals surface area contributed by atoms with Crippen molar-refractivity contribution >= 4 is 5.91 Å². The molecule has 0 spiro atoms. The third-order valence-electron chi connectivity index (χ3n) is 3.32. The zero-order chi connectivity index (χ0) is 13.8. The van der Waals surface area contributed by atoms with Gasteiger partial charge in [-0.05, 0) is 37.6 Å². The number of benzene rings is 1. The van der Waals surface area contributed by atoms with Crippen LogP contribution in [0, 0.1) is 17.1 Å². The first-order chi connectivity index (χ1) is 9.11. The summed E-state index contributed by atoms with van der Waals surface area (Å²) in [7, 11) is 1.65. The number of nitriles is 1. The standard InChI is InChI=1S/C14H16FN3O/c1-18(14(19)13-3-2-6-17-13)9-11-7-10(8-16)4-5-12(11)15/h4-5,7,13,17H,2-3,6,9H2,1H3/t13-/m0/s1. The number of amides is 1. The van der Waals surface area contributed by atoms with Crippen molar-refractivity contribution in [3.8, 4) is 6.07 Å². The van der Waals surface area contributed by atoms with Crippen molar-refractivity contribution in [3.63, 3.8) is 0 Å². The van der Waals surface area contributed by atoms with Gasteiger partial charge in [0.1, 0.15) is 5.82 Å². The van der Waals surface area contributed by atoms with Crippen molar-refractivity contribution in [1.29, 1.82) is 5.26 Å². The highest BCUT2D eigenvalue weighted by molar-refractivity contribution is 5.81. The molecular formula is C14H16FN3O. The molecule has 0 bridgehead atoms. The zero-order valence-electron chi connectivity index (χ0n) is 10.8. The Bertz CT molecular complexity index is 518. The first-order valence-electron chi connectivity index (χ1n) is 6.28. The van der Waals surface area contributed by atoms with Gasteiger partial charge >= 0.3 is 0 Å². The van der Waals surface area contributed by atoms with Gasteiger partial charge in [0, 0.05) is 19.2 Å². The lowest BCUT2D eigenvalue weighted by atomic mass is 10.1. The molecule has 4 nitrogen and oxygen atoms in total. The number of nitrogens with zero attached hydrogens (tertiary/aromatic N) is 2. The van der Waals surface area contributed by atoms with Crippen LogP contribution in [0.5, 0.6) is 0 Å². The molecule has 0 aliphatic carbocycles. The summed E-state index contributed by atoms with van der Waals surface area (Å²) in [4.78, 5) is 13.6. The third kappa shape index (κ3) is 3.09. The minimum Gasteiger partial charge on any atom is -0.340 e. The molecule has 1 amide bonds. The van der Waals surface area contributed by atoms with Crippen LogP contribution in [-0.4, -0.2) is 30.4 Å². The maximum atomic E-state index is 13.6. The summed E-state index contributed by atoms with van der Waals surface area (Å²) in [6.45, 7) is 1.03. The lowest BCUT2D eigenvalue weighted by Gasteiger charge is -2.21. The van der Waals surface area contributed by atoms with E-state index in [2.05, 4.69) is 5.32 Å². The van der Waals surface area contributed by atoms with E-state index in [4.69, 9.17) is 5.26 Å². The highest BCUT2D eigenvalue weighted by atomic mass is 19.1. The Hall–Kier alpha value is -1.93. The number of carbonyl (C=O) groups is 1. The smallest absolute Gasteiger partial charge is 0.239 e. The summed E-state index contributed by atoms with van der Waals surface area (Å²) in [5.41, 5.74) is 0.768. The number of carbonyl (C=O) groups excluding carboxylic acids is 1. The number of nitrogens with one attached hydrogen (secondary N) is 1. The SMILES string of the molecule is CN(Cc1cc(C#N)ccc1F)C(=O)[C@@H]1CCCN1. The van der Waals surface area contributed by atoms with Crippen LogP contribution < -0.4 is 5.32 Å². The Labute approximate surface area is 111 Å². The molecule has 0 unspecified atom stereocenters. The molecule has 5 heteroatoms. The maximum Gasteiger partial charge on any atom is 0.239 e. The summed E-state index contributed by atoms with van der Waals surface area (Å²) < 4.78 is 13.6. The molecule has 1 aliphatic rings. The van der Waals surface area contributed by atoms with Crippen molar-refractivity contribution in [2.75, 3.05) is 13.6 Å². The lowest BCUT2D eigenvalue weighted by Crippen LogP contribution is -2.41. The number of hydrogen-bond donors (Lipinski definition) is 1. The van der Waals surface area contributed by atoms with E-state index in [0.717, 1.165) is 19.4 Å². The van der Waals surface area contributed by atoms with Gasteiger partial charge in [0.2, 0.25) is 5.91 Å². The number of halogens is 1. The van der Waals surface area contributed by atoms with E-state index in [1.807, 2.05) is 6.07 Å². The van der Waals surface area contributed by atoms with E-state index < -0.39 is 5.82 Å². The minimum atomic E-state index is -0.391. The molecule has 1 aliphatic heterocycles. The number of rotatable bonds is 3. The molecule has 0 radical (unpaired) electrons. The zero-order valence-corrected chi connectivity index (χ0v) is 10.8. The van der Waals surface area contributed by atoms with Crippen LogP contribution >= 0.6 is 0 Å². The summed E-state index contributed by atoms with van der Waals surface area (Å²) in [6, 6.07) is 5.99. The van der Waals surface area contributed by atoms with Crippen LogP contribution in [0.15, 0.2) is 18.2 Å². The van der Waals surface area contributed by atoms with E-state index >= 15 is 0 Å². The van der Waals surface area contributed by atoms with Crippen LogP contribution in [0.2, 0.25) is 0 Å². The average Bonchev–Trinajstić information content (AvgIpc) is 2.94. The highest BCUT2D eigenvalue weighted by Gasteiger charge is 2.25. The van der Waals surface area contributed by atoms with Crippen molar-refractivity contribution in [1.82, 2.24) is 10.2 Å². The quantitative estimate of drug-likeness (QED) is 0.895. The second kappa shape index (κ2) is 5.81. The van der Waals surface area contributed by atoms with Gasteiger partial charge in [0.25, 0.3) is 0 Å². The van der Waals surface area contributed by atoms with Gasteiger partial charge in [0.05, 0.1) is 17.7 Å². The fourth-order valence-electron chi connectivity index (χ4n) is 2.26. The van der Waals surface area contributed by atoms with Gasteiger partial charge in [-0.1, -0.05) is 0 Å². The molecule has 1 fully saturated rings. The molecular weight excluding hydrogens is 245 g/mol. The fourth-order valence-corrected chi connectivity index (χ4v) is 2.26. The molecule has 1 N–H and O–H groups in total. The minimum absolute atomic E-state index is 0.0285. The Morgan fingerprint density at radius 3 is 3.05 bits per heavy atom. The van der Waals surface area contributed by atoms with Crippen molar-refractivity contribution in [3.05, 3.63) is 35.1 Å². The first kappa shape index (κ1) is 13.5. The van der Waals surface area contributed by atoms with Crippen molar-refractivity contribution < 1.29 is 9.18 Å². The normalized spacial score (nSPS) is 18.1. The van der Waals surface area contributed by atoms with Crippen LogP contribution in [0.3, 0.4) is 0 Å². The molecule has 1 aromatic carbocycles. The van der Waals surface area contributed by atoms with E-state index in [0.29, 0.717) is 11.1 Å². The predicted octanol–water partition coefficient (Wildman–Crippen LogP) is 1.41. The van der Waals surface area contributed by atoms with Gasteiger partial charge in [-0.3, -0.25) is 4.79 Å². The van der Waals surface area contributed by atoms with Gasteiger partial charge in [-0.15, -0.1) is 0 Å². The van der Waals surface area contributed by atoms with Crippen LogP contribution in [0.4, 0.5) is 4.39 Å². The summed E-state index contributed by atoms with van der Waals surface area (Å²) in [6.07, 6.45) is 1.81. The molecule has 100 valence electrons. The molecule has 0 saturated carbocycles. The second-order valence-corrected chi connectivity index (χ2v) is 4.76. The maximum absolute atomic E-state index is 13.6. The summed E-state index contributed by atoms with van der Waals surface area (Å²) in [5.74, 6) is -0.419. The van der Waals surface area contributed by atoms with Gasteiger partial charge in [-0.2, -0.15) is 5.26 Å². The molecule has 19 heavy (non-hydrogen) atoms. The van der Waals surface area contributed by atoms with E-state index in [-0.39, 0.29) is 18.5 Å². The van der Waals surface area contributed by atoms with Gasteiger partial charge < -0.3 is 10.2 Å². The van der Waals surface area contributed by atoms with Crippen LogP contribution in [0.1, 0.15) is 24.0 Å². The number of likely N-dealkylation sites (N-methyl/N-ethyl adjacent to an activating group) is 1. The largest absolute Gasteiger partial charge is 0.340 e. The van der Waals surface area contributed by atoms with E-state index in [1.54, 1.807) is 7.05 Å². The topological polar surface area (TPSA) is 56.1 Å². The van der Waals surface area contributed by atoms with E-state index in [9.17, 15) is 9.18 Å². The Balaban J connectivity index is 2.07. The molecule has 1 heterocycles. The third-order valence-corrected chi connectivity index (χ3v) is 3.32. The monoisotopic (exact) mass is 261 g/mol. The predicted molar refractivity (Wildman–Crippen MR) is 68.6 cm³/mol. The van der Waals surface area contributed by atoms with Crippen molar-refractivity contribution in [2.24, 2.45) is 0 Å². The second-order valence-electron chi connectivity index (χ2n) is 4.76. The molecule has 1 atom stereocenters. The lowest BCUT2D eigenvalue weighted by molar-refractivity contribution is -0.132. The summed E-state index contributed by atoms with van der Waals surface area (Å²) in [5, 5.41) is 11.9. The van der Waals surface area contributed by atoms with Crippen molar-refractivity contribution in [2.45, 2.75) is 25.4 Å². The average molecular weight is 261 g/mol. The van der Waals surface area contributed by atoms with Crippen LogP contribution in [0.25, 0.3) is 0 Å². The molecule has 1 saturated heterocycles. The van der Waals surface area contributed by atoms with Crippen LogP contribution in [-0.2, 0) is 11.3 Å². The highest BCUT2D eigenvalue weighted by Crippen LogP contribution is 2.14. The Kier molecular flexibility index (Phi) is 4.13. The van der Waals surface area contributed by atoms with E-state index in [1.165, 1.54) is 23.1 Å². The summed E-state index contributed by atoms with van der Waals surface area (Å²) >= 11 is 0. The Morgan fingerprint density at radius 2 is 2.42 bits per heavy atom. The molecule has 0 aromatic heterocycles.